The summed E-state index contributed by atoms with van der Waals surface area (Å²) in [7, 11) is -0.849. The molecule has 17 heteroatoms. The molecule has 0 radical (unpaired) electrons. The number of ether oxygens (including phenoxy) is 2. The summed E-state index contributed by atoms with van der Waals surface area (Å²) in [5.74, 6) is 0.226. The van der Waals surface area contributed by atoms with Crippen LogP contribution in [0.5, 0.6) is 5.75 Å². The fraction of sp³-hybridized carbons (Fsp3) is 0.500. The van der Waals surface area contributed by atoms with Crippen molar-refractivity contribution in [2.24, 2.45) is 5.92 Å². The molecular weight excluding hydrogens is 728 g/mol. The van der Waals surface area contributed by atoms with E-state index < -0.39 is 21.7 Å². The van der Waals surface area contributed by atoms with Gasteiger partial charge in [0.15, 0.2) is 0 Å². The van der Waals surface area contributed by atoms with Crippen LogP contribution < -0.4 is 9.50 Å². The molecule has 3 aromatic rings. The van der Waals surface area contributed by atoms with Gasteiger partial charge in [-0.25, -0.2) is 9.78 Å². The molecule has 1 aromatic heterocycles. The van der Waals surface area contributed by atoms with Gasteiger partial charge in [0.1, 0.15) is 18.1 Å². The van der Waals surface area contributed by atoms with Crippen LogP contribution in [-0.4, -0.2) is 74.7 Å². The highest BCUT2D eigenvalue weighted by Gasteiger charge is 2.50. The number of benzene rings is 2. The summed E-state index contributed by atoms with van der Waals surface area (Å²) in [6.45, 7) is 4.95. The monoisotopic (exact) mass is 772 g/mol. The zero-order valence-electron chi connectivity index (χ0n) is 28.8. The van der Waals surface area contributed by atoms with E-state index in [-0.39, 0.29) is 42.0 Å². The molecule has 2 aromatic carbocycles. The van der Waals surface area contributed by atoms with E-state index >= 15 is 0 Å². The Morgan fingerprint density at radius 3 is 2.25 bits per heavy atom. The summed E-state index contributed by atoms with van der Waals surface area (Å²) in [5.41, 5.74) is -0.895. The number of nitrogens with zero attached hydrogens (tertiary/aromatic N) is 2. The van der Waals surface area contributed by atoms with Crippen molar-refractivity contribution in [2.45, 2.75) is 69.3 Å². The number of alkyl carbamates (subject to hydrolysis) is 1. The first-order valence-electron chi connectivity index (χ1n) is 16.5. The SMILES string of the molecule is CCC.COCC1CC(c2ncc(-c3ccc(-c4ccc(OS(=O)(=O)C(F)(F)F)c5c4C4CCC5C4)cc3)[nH]2)N(C(=O)CNC(=O)OC)C1.PS. The Morgan fingerprint density at radius 2 is 1.65 bits per heavy atom. The Bertz CT molecular complexity index is 1770. The first-order chi connectivity index (χ1) is 24.3. The molecule has 1 aliphatic heterocycles. The second kappa shape index (κ2) is 17.5. The van der Waals surface area contributed by atoms with Crippen LogP contribution in [0.15, 0.2) is 42.6 Å². The van der Waals surface area contributed by atoms with Crippen LogP contribution in [0.4, 0.5) is 18.0 Å². The number of thiol groups is 1. The van der Waals surface area contributed by atoms with Crippen LogP contribution in [0.25, 0.3) is 22.4 Å². The van der Waals surface area contributed by atoms with Crippen LogP contribution in [0.2, 0.25) is 0 Å². The van der Waals surface area contributed by atoms with Crippen molar-refractivity contribution < 1.29 is 44.8 Å². The molecule has 5 unspecified atom stereocenters. The van der Waals surface area contributed by atoms with Gasteiger partial charge in [0.25, 0.3) is 0 Å². The Balaban J connectivity index is 0.00000111. The maximum atomic E-state index is 13.1. The molecular formula is C34H44F3N4O7PS2. The van der Waals surface area contributed by atoms with Gasteiger partial charge < -0.3 is 28.9 Å². The van der Waals surface area contributed by atoms with E-state index in [1.165, 1.54) is 19.6 Å². The van der Waals surface area contributed by atoms with E-state index in [0.717, 1.165) is 47.2 Å². The highest BCUT2D eigenvalue weighted by Crippen LogP contribution is 2.58. The fourth-order valence-corrected chi connectivity index (χ4v) is 7.57. The lowest BCUT2D eigenvalue weighted by molar-refractivity contribution is -0.131. The molecule has 2 fully saturated rings. The van der Waals surface area contributed by atoms with Gasteiger partial charge in [-0.3, -0.25) is 4.79 Å². The van der Waals surface area contributed by atoms with Crippen LogP contribution in [0, 0.1) is 5.92 Å². The molecule has 2 bridgehead atoms. The van der Waals surface area contributed by atoms with Crippen molar-refractivity contribution >= 4 is 42.8 Å². The van der Waals surface area contributed by atoms with Gasteiger partial charge in [-0.05, 0) is 65.8 Å². The second-order valence-corrected chi connectivity index (χ2v) is 14.1. The van der Waals surface area contributed by atoms with Gasteiger partial charge in [0.2, 0.25) is 5.91 Å². The lowest BCUT2D eigenvalue weighted by Gasteiger charge is -2.23. The number of likely N-dealkylation sites (tertiary alicyclic amines) is 1. The molecule has 1 saturated heterocycles. The van der Waals surface area contributed by atoms with E-state index in [2.05, 4.69) is 58.7 Å². The first-order valence-corrected chi connectivity index (χ1v) is 20.0. The average Bonchev–Trinajstić information content (AvgIpc) is 3.93. The minimum Gasteiger partial charge on any atom is -0.453 e. The van der Waals surface area contributed by atoms with Crippen molar-refractivity contribution in [3.8, 4) is 28.1 Å². The fourth-order valence-electron chi connectivity index (χ4n) is 7.09. The van der Waals surface area contributed by atoms with E-state index in [1.54, 1.807) is 24.3 Å². The predicted molar refractivity (Wildman–Crippen MR) is 194 cm³/mol. The van der Waals surface area contributed by atoms with E-state index in [4.69, 9.17) is 4.74 Å². The molecule has 2 heterocycles. The van der Waals surface area contributed by atoms with E-state index in [1.807, 2.05) is 24.3 Å². The molecule has 2 N–H and O–H groups in total. The maximum absolute atomic E-state index is 13.1. The number of aromatic amines is 1. The third kappa shape index (κ3) is 9.01. The minimum atomic E-state index is -5.79. The number of H-pyrrole nitrogens is 1. The van der Waals surface area contributed by atoms with Gasteiger partial charge in [-0.2, -0.15) is 33.8 Å². The van der Waals surface area contributed by atoms with Gasteiger partial charge in [-0.1, -0.05) is 59.0 Å². The molecule has 5 atom stereocenters. The van der Waals surface area contributed by atoms with E-state index in [0.29, 0.717) is 31.0 Å². The lowest BCUT2D eigenvalue weighted by atomic mass is 9.85. The molecule has 3 aliphatic rings. The van der Waals surface area contributed by atoms with Gasteiger partial charge in [0.05, 0.1) is 31.6 Å². The second-order valence-electron chi connectivity index (χ2n) is 12.6. The normalized spacial score (nSPS) is 20.5. The van der Waals surface area contributed by atoms with E-state index in [9.17, 15) is 31.2 Å². The highest BCUT2D eigenvalue weighted by atomic mass is 32.7. The van der Waals surface area contributed by atoms with Crippen LogP contribution >= 0.6 is 20.7 Å². The first kappa shape index (κ1) is 40.4. The Kier molecular flexibility index (Phi) is 13.8. The number of methoxy groups -OCH3 is 2. The molecule has 280 valence electrons. The topological polar surface area (TPSA) is 140 Å². The smallest absolute Gasteiger partial charge is 0.453 e. The molecule has 51 heavy (non-hydrogen) atoms. The number of fused-ring (bicyclic) bond motifs is 5. The standard InChI is InChI=1S/C31H33F3N4O7S.C3H8.H3PS/c1-43-16-17-11-24(38(15-17)26(39)14-36-30(40)44-2)29-35-13-23(37-29)19-5-3-18(4-6-19)22-9-10-25(45-46(41,42)31(32,33)34)28-21-8-7-20(12-21)27(22)28;1-3-2;1-2/h3-6,9-10,13,17,20-21,24H,7-8,11-12,14-16H2,1-2H3,(H,35,37)(H,36,40);3H2,1-2H3;2H,1H2. The number of hydrogen-bond acceptors (Lipinski definition) is 9. The minimum absolute atomic E-state index is 0.0529. The number of rotatable bonds is 9. The van der Waals surface area contributed by atoms with Gasteiger partial charge in [0, 0.05) is 25.1 Å². The quantitative estimate of drug-likeness (QED) is 0.0889. The maximum Gasteiger partial charge on any atom is 0.534 e. The predicted octanol–water partition coefficient (Wildman–Crippen LogP) is 7.35. The zero-order valence-corrected chi connectivity index (χ0v) is 31.7. The van der Waals surface area contributed by atoms with Crippen molar-refractivity contribution in [3.63, 3.8) is 0 Å². The number of carbonyl (C=O) groups excluding carboxylic acids is 2. The van der Waals surface area contributed by atoms with Crippen LogP contribution in [0.1, 0.15) is 80.8 Å². The number of hydrogen-bond donors (Lipinski definition) is 3. The van der Waals surface area contributed by atoms with Gasteiger partial charge in [-0.15, -0.1) is 0 Å². The summed E-state index contributed by atoms with van der Waals surface area (Å²) in [4.78, 5) is 34.1. The Hall–Kier alpha value is -3.33. The molecule has 11 nitrogen and oxygen atoms in total. The summed E-state index contributed by atoms with van der Waals surface area (Å²) in [6, 6.07) is 10.2. The van der Waals surface area contributed by atoms with Crippen molar-refractivity contribution in [2.75, 3.05) is 33.9 Å². The number of halogens is 3. The highest BCUT2D eigenvalue weighted by molar-refractivity contribution is 8.31. The summed E-state index contributed by atoms with van der Waals surface area (Å²) in [6.07, 6.45) is 5.25. The van der Waals surface area contributed by atoms with Gasteiger partial charge >= 0.3 is 21.7 Å². The number of aromatic nitrogens is 2. The zero-order chi connectivity index (χ0) is 37.5. The Labute approximate surface area is 303 Å². The third-order valence-electron chi connectivity index (χ3n) is 9.08. The largest absolute Gasteiger partial charge is 0.534 e. The summed E-state index contributed by atoms with van der Waals surface area (Å²) >= 11 is 3.44. The van der Waals surface area contributed by atoms with Crippen molar-refractivity contribution in [1.29, 1.82) is 0 Å². The summed E-state index contributed by atoms with van der Waals surface area (Å²) < 4.78 is 77.4. The number of amides is 2. The summed E-state index contributed by atoms with van der Waals surface area (Å²) in [5, 5.41) is 2.43. The van der Waals surface area contributed by atoms with Crippen molar-refractivity contribution in [3.05, 3.63) is 59.5 Å². The molecule has 0 spiro atoms. The third-order valence-corrected chi connectivity index (χ3v) is 10.0. The van der Waals surface area contributed by atoms with Crippen LogP contribution in [-0.2, 0) is 24.4 Å². The number of alkyl halides is 3. The molecule has 6 rings (SSSR count). The number of carbonyl (C=O) groups is 2. The lowest BCUT2D eigenvalue weighted by Crippen LogP contribution is -2.40. The molecule has 2 amide bonds. The average molecular weight is 773 g/mol. The van der Waals surface area contributed by atoms with Crippen molar-refractivity contribution in [1.82, 2.24) is 20.2 Å². The van der Waals surface area contributed by atoms with Crippen LogP contribution in [0.3, 0.4) is 0 Å². The molecule has 1 saturated carbocycles. The molecule has 2 aliphatic carbocycles. The number of imidazole rings is 1. The Morgan fingerprint density at radius 1 is 1.02 bits per heavy atom. The number of nitrogens with one attached hydrogen (secondary N) is 2.